The average molecular weight is 572 g/mol. The lowest BCUT2D eigenvalue weighted by Crippen LogP contribution is -2.35. The van der Waals surface area contributed by atoms with E-state index in [1.807, 2.05) is 66.9 Å². The van der Waals surface area contributed by atoms with Gasteiger partial charge in [-0.3, -0.25) is 9.69 Å². The number of carbonyl (C=O) groups excluding carboxylic acids is 1. The van der Waals surface area contributed by atoms with Gasteiger partial charge in [0, 0.05) is 23.9 Å². The van der Waals surface area contributed by atoms with Crippen molar-refractivity contribution in [1.82, 2.24) is 14.7 Å². The standard InChI is InChI=1S/C31H26FN3O3S2/c32-24-13-11-21(12-14-24)20-38-26-9-4-6-22(16-26)29-23(18-35(33-29)25-7-2-1-3-8-25)17-28-30(36)34(31(39)40-28)19-27-10-5-15-37-27/h1-4,6-9,11-14,16-18,27H,5,10,15,19-20H2. The molecule has 3 aromatic carbocycles. The van der Waals surface area contributed by atoms with Crippen LogP contribution in [0, 0.1) is 5.82 Å². The third-order valence-electron chi connectivity index (χ3n) is 6.76. The minimum absolute atomic E-state index is 0.0240. The van der Waals surface area contributed by atoms with E-state index in [0.29, 0.717) is 33.8 Å². The molecule has 0 N–H and O–H groups in total. The van der Waals surface area contributed by atoms with Crippen LogP contribution in [0.5, 0.6) is 5.75 Å². The molecule has 4 aromatic rings. The monoisotopic (exact) mass is 571 g/mol. The molecule has 1 atom stereocenters. The van der Waals surface area contributed by atoms with E-state index >= 15 is 0 Å². The molecule has 2 aliphatic rings. The van der Waals surface area contributed by atoms with Crippen molar-refractivity contribution in [2.45, 2.75) is 25.6 Å². The Kier molecular flexibility index (Phi) is 7.77. The van der Waals surface area contributed by atoms with Gasteiger partial charge < -0.3 is 9.47 Å². The molecule has 0 saturated carbocycles. The second-order valence-electron chi connectivity index (χ2n) is 9.58. The molecular formula is C31H26FN3O3S2. The quantitative estimate of drug-likeness (QED) is 0.175. The Bertz CT molecular complexity index is 1560. The molecule has 1 amide bonds. The zero-order valence-corrected chi connectivity index (χ0v) is 23.2. The Labute approximate surface area is 241 Å². The molecule has 0 bridgehead atoms. The highest BCUT2D eigenvalue weighted by molar-refractivity contribution is 8.26. The first-order chi connectivity index (χ1) is 19.5. The largest absolute Gasteiger partial charge is 0.489 e. The highest BCUT2D eigenvalue weighted by Gasteiger charge is 2.35. The van der Waals surface area contributed by atoms with Crippen molar-refractivity contribution in [2.24, 2.45) is 0 Å². The molecule has 40 heavy (non-hydrogen) atoms. The van der Waals surface area contributed by atoms with Crippen LogP contribution in [0.3, 0.4) is 0 Å². The summed E-state index contributed by atoms with van der Waals surface area (Å²) in [5, 5.41) is 4.90. The molecule has 0 aliphatic carbocycles. The molecule has 0 spiro atoms. The number of hydrogen-bond donors (Lipinski definition) is 0. The second kappa shape index (κ2) is 11.8. The molecule has 6 nitrogen and oxygen atoms in total. The number of carbonyl (C=O) groups is 1. The molecule has 202 valence electrons. The average Bonchev–Trinajstić information content (AvgIpc) is 3.71. The topological polar surface area (TPSA) is 56.6 Å². The van der Waals surface area contributed by atoms with Crippen LogP contribution < -0.4 is 4.74 Å². The number of thioether (sulfide) groups is 1. The molecule has 2 aliphatic heterocycles. The van der Waals surface area contributed by atoms with Crippen LogP contribution >= 0.6 is 24.0 Å². The first kappa shape index (κ1) is 26.4. The number of thiocarbonyl (C=S) groups is 1. The Morgan fingerprint density at radius 1 is 1.10 bits per heavy atom. The number of para-hydroxylation sites is 1. The molecule has 0 radical (unpaired) electrons. The van der Waals surface area contributed by atoms with E-state index in [9.17, 15) is 9.18 Å². The van der Waals surface area contributed by atoms with Gasteiger partial charge in [-0.05, 0) is 60.9 Å². The minimum atomic E-state index is -0.281. The Hall–Kier alpha value is -3.79. The maximum atomic E-state index is 13.4. The van der Waals surface area contributed by atoms with Crippen molar-refractivity contribution >= 4 is 40.3 Å². The SMILES string of the molecule is O=C1C(=Cc2cn(-c3ccccc3)nc2-c2cccc(OCc3ccc(F)cc3)c2)SC(=S)N1CC1CCCO1. The Morgan fingerprint density at radius 3 is 2.70 bits per heavy atom. The highest BCUT2D eigenvalue weighted by atomic mass is 32.2. The summed E-state index contributed by atoms with van der Waals surface area (Å²) in [6, 6.07) is 23.7. The molecule has 2 fully saturated rings. The molecule has 6 rings (SSSR count). The summed E-state index contributed by atoms with van der Waals surface area (Å²) in [5.74, 6) is 0.265. The van der Waals surface area contributed by atoms with Gasteiger partial charge >= 0.3 is 0 Å². The number of ether oxygens (including phenoxy) is 2. The van der Waals surface area contributed by atoms with E-state index in [1.165, 1.54) is 23.9 Å². The molecule has 3 heterocycles. The minimum Gasteiger partial charge on any atom is -0.489 e. The van der Waals surface area contributed by atoms with E-state index in [-0.39, 0.29) is 17.8 Å². The first-order valence-corrected chi connectivity index (χ1v) is 14.3. The number of halogens is 1. The van der Waals surface area contributed by atoms with E-state index in [0.717, 1.165) is 41.8 Å². The number of nitrogens with zero attached hydrogens (tertiary/aromatic N) is 3. The van der Waals surface area contributed by atoms with Gasteiger partial charge in [-0.2, -0.15) is 5.10 Å². The number of hydrogen-bond acceptors (Lipinski definition) is 6. The fourth-order valence-corrected chi connectivity index (χ4v) is 5.97. The van der Waals surface area contributed by atoms with Crippen molar-refractivity contribution in [3.05, 3.63) is 107 Å². The molecular weight excluding hydrogens is 545 g/mol. The van der Waals surface area contributed by atoms with Crippen molar-refractivity contribution in [3.8, 4) is 22.7 Å². The van der Waals surface area contributed by atoms with Crippen LogP contribution in [-0.2, 0) is 16.1 Å². The maximum Gasteiger partial charge on any atom is 0.266 e. The van der Waals surface area contributed by atoms with E-state index < -0.39 is 0 Å². The van der Waals surface area contributed by atoms with Gasteiger partial charge in [0.15, 0.2) is 0 Å². The van der Waals surface area contributed by atoms with Crippen LogP contribution in [-0.4, -0.2) is 44.2 Å². The normalized spacial score (nSPS) is 18.2. The zero-order valence-electron chi connectivity index (χ0n) is 21.5. The summed E-state index contributed by atoms with van der Waals surface area (Å²) in [7, 11) is 0. The summed E-state index contributed by atoms with van der Waals surface area (Å²) >= 11 is 6.86. The third-order valence-corrected chi connectivity index (χ3v) is 8.14. The smallest absolute Gasteiger partial charge is 0.266 e. The van der Waals surface area contributed by atoms with Crippen molar-refractivity contribution in [2.75, 3.05) is 13.2 Å². The van der Waals surface area contributed by atoms with E-state index in [4.69, 9.17) is 26.8 Å². The number of rotatable bonds is 8. The van der Waals surface area contributed by atoms with Crippen molar-refractivity contribution in [3.63, 3.8) is 0 Å². The van der Waals surface area contributed by atoms with Crippen molar-refractivity contribution in [1.29, 1.82) is 0 Å². The predicted octanol–water partition coefficient (Wildman–Crippen LogP) is 6.64. The van der Waals surface area contributed by atoms with E-state index in [1.54, 1.807) is 21.7 Å². The summed E-state index contributed by atoms with van der Waals surface area (Å²) in [6.07, 6.45) is 5.75. The zero-order chi connectivity index (χ0) is 27.5. The number of aromatic nitrogens is 2. The lowest BCUT2D eigenvalue weighted by molar-refractivity contribution is -0.123. The fraction of sp³-hybridized carbons (Fsp3) is 0.194. The number of amides is 1. The summed E-state index contributed by atoms with van der Waals surface area (Å²) < 4.78 is 27.3. The van der Waals surface area contributed by atoms with Crippen molar-refractivity contribution < 1.29 is 18.7 Å². The highest BCUT2D eigenvalue weighted by Crippen LogP contribution is 2.36. The van der Waals surface area contributed by atoms with Gasteiger partial charge in [-0.25, -0.2) is 9.07 Å². The lowest BCUT2D eigenvalue weighted by atomic mass is 10.1. The molecule has 1 unspecified atom stereocenters. The second-order valence-corrected chi connectivity index (χ2v) is 11.3. The van der Waals surface area contributed by atoms with Gasteiger partial charge in [-0.1, -0.05) is 66.4 Å². The van der Waals surface area contributed by atoms with Crippen LogP contribution in [0.4, 0.5) is 4.39 Å². The lowest BCUT2D eigenvalue weighted by Gasteiger charge is -2.18. The third kappa shape index (κ3) is 5.86. The molecule has 1 aromatic heterocycles. The maximum absolute atomic E-state index is 13.4. The molecule has 9 heteroatoms. The molecule has 2 saturated heterocycles. The van der Waals surface area contributed by atoms with Crippen LogP contribution in [0.1, 0.15) is 24.0 Å². The van der Waals surface area contributed by atoms with Gasteiger partial charge in [0.1, 0.15) is 28.2 Å². The van der Waals surface area contributed by atoms with E-state index in [2.05, 4.69) is 0 Å². The predicted molar refractivity (Wildman–Crippen MR) is 159 cm³/mol. The summed E-state index contributed by atoms with van der Waals surface area (Å²) in [6.45, 7) is 1.51. The van der Waals surface area contributed by atoms with Crippen LogP contribution in [0.2, 0.25) is 0 Å². The van der Waals surface area contributed by atoms with Gasteiger partial charge in [0.05, 0.1) is 23.2 Å². The van der Waals surface area contributed by atoms with Gasteiger partial charge in [0.25, 0.3) is 5.91 Å². The number of benzene rings is 3. The van der Waals surface area contributed by atoms with Gasteiger partial charge in [-0.15, -0.1) is 0 Å². The summed E-state index contributed by atoms with van der Waals surface area (Å²) in [5.41, 5.74) is 4.11. The Morgan fingerprint density at radius 2 is 1.93 bits per heavy atom. The van der Waals surface area contributed by atoms with Crippen LogP contribution in [0.25, 0.3) is 23.0 Å². The Balaban J connectivity index is 1.31. The fourth-order valence-electron chi connectivity index (χ4n) is 4.70. The first-order valence-electron chi connectivity index (χ1n) is 13.0. The van der Waals surface area contributed by atoms with Gasteiger partial charge in [0.2, 0.25) is 0 Å². The summed E-state index contributed by atoms with van der Waals surface area (Å²) in [4.78, 5) is 15.6. The van der Waals surface area contributed by atoms with Crippen LogP contribution in [0.15, 0.2) is 90.0 Å².